The van der Waals surface area contributed by atoms with Crippen molar-refractivity contribution in [2.45, 2.75) is 10.1 Å². The summed E-state index contributed by atoms with van der Waals surface area (Å²) >= 11 is 8.86. The van der Waals surface area contributed by atoms with Crippen LogP contribution in [0, 0.1) is 0 Å². The summed E-state index contributed by atoms with van der Waals surface area (Å²) < 4.78 is 5.67. The van der Waals surface area contributed by atoms with Gasteiger partial charge < -0.3 is 9.73 Å². The van der Waals surface area contributed by atoms with Crippen molar-refractivity contribution in [1.82, 2.24) is 4.98 Å². The molecule has 1 N–H and O–H groups in total. The standard InChI is InChI=1S/C18H15ClN2O2S2/c1-24-15-7-3-6-14(9-15)21-17(22)11-25-18-20-10-16(23-18)12-4-2-5-13(19)8-12/h2-10H,11H2,1H3,(H,21,22). The van der Waals surface area contributed by atoms with Crippen molar-refractivity contribution in [2.24, 2.45) is 0 Å². The molecule has 0 saturated carbocycles. The molecule has 1 amide bonds. The summed E-state index contributed by atoms with van der Waals surface area (Å²) in [5, 5.41) is 3.95. The molecule has 7 heteroatoms. The first-order valence-corrected chi connectivity index (χ1v) is 10.0. The fourth-order valence-corrected chi connectivity index (χ4v) is 3.38. The van der Waals surface area contributed by atoms with Crippen molar-refractivity contribution in [3.63, 3.8) is 0 Å². The van der Waals surface area contributed by atoms with Gasteiger partial charge in [0.05, 0.1) is 11.9 Å². The molecule has 0 saturated heterocycles. The molecule has 4 nitrogen and oxygen atoms in total. The van der Waals surface area contributed by atoms with Gasteiger partial charge in [0.1, 0.15) is 0 Å². The topological polar surface area (TPSA) is 55.1 Å². The third-order valence-electron chi connectivity index (χ3n) is 3.27. The lowest BCUT2D eigenvalue weighted by molar-refractivity contribution is -0.113. The van der Waals surface area contributed by atoms with E-state index in [2.05, 4.69) is 10.3 Å². The largest absolute Gasteiger partial charge is 0.431 e. The van der Waals surface area contributed by atoms with Gasteiger partial charge in [-0.2, -0.15) is 0 Å². The monoisotopic (exact) mass is 390 g/mol. The molecule has 0 unspecified atom stereocenters. The zero-order valence-electron chi connectivity index (χ0n) is 13.4. The molecule has 0 aliphatic carbocycles. The molecule has 0 bridgehead atoms. The lowest BCUT2D eigenvalue weighted by atomic mass is 10.2. The highest BCUT2D eigenvalue weighted by molar-refractivity contribution is 7.99. The molecule has 3 rings (SSSR count). The summed E-state index contributed by atoms with van der Waals surface area (Å²) in [6.07, 6.45) is 3.63. The third-order valence-corrected chi connectivity index (χ3v) is 5.08. The van der Waals surface area contributed by atoms with Crippen LogP contribution < -0.4 is 5.32 Å². The molecule has 0 spiro atoms. The summed E-state index contributed by atoms with van der Waals surface area (Å²) in [7, 11) is 0. The predicted molar refractivity (Wildman–Crippen MR) is 105 cm³/mol. The Hall–Kier alpha value is -1.89. The van der Waals surface area contributed by atoms with Crippen molar-refractivity contribution in [1.29, 1.82) is 0 Å². The Balaban J connectivity index is 1.57. The van der Waals surface area contributed by atoms with Crippen LogP contribution in [0.5, 0.6) is 0 Å². The maximum atomic E-state index is 12.1. The number of nitrogens with zero attached hydrogens (tertiary/aromatic N) is 1. The van der Waals surface area contributed by atoms with E-state index in [1.807, 2.05) is 48.7 Å². The normalized spacial score (nSPS) is 10.6. The number of nitrogens with one attached hydrogen (secondary N) is 1. The second-order valence-electron chi connectivity index (χ2n) is 5.07. The van der Waals surface area contributed by atoms with Crippen LogP contribution in [-0.2, 0) is 4.79 Å². The number of rotatable bonds is 6. The number of carbonyl (C=O) groups excluding carboxylic acids is 1. The molecule has 2 aromatic carbocycles. The van der Waals surface area contributed by atoms with Crippen LogP contribution >= 0.6 is 35.1 Å². The van der Waals surface area contributed by atoms with Crippen LogP contribution in [0.25, 0.3) is 11.3 Å². The third kappa shape index (κ3) is 5.04. The van der Waals surface area contributed by atoms with E-state index >= 15 is 0 Å². The number of oxazole rings is 1. The van der Waals surface area contributed by atoms with Gasteiger partial charge in [0.2, 0.25) is 5.91 Å². The van der Waals surface area contributed by atoms with Gasteiger partial charge in [-0.1, -0.05) is 41.6 Å². The molecular formula is C18H15ClN2O2S2. The SMILES string of the molecule is CSc1cccc(NC(=O)CSc2ncc(-c3cccc(Cl)c3)o2)c1. The van der Waals surface area contributed by atoms with Crippen molar-refractivity contribution >= 4 is 46.7 Å². The second-order valence-corrected chi connectivity index (χ2v) is 7.31. The average Bonchev–Trinajstić information content (AvgIpc) is 3.09. The van der Waals surface area contributed by atoms with Crippen LogP contribution in [-0.4, -0.2) is 22.9 Å². The van der Waals surface area contributed by atoms with Crippen LogP contribution in [0.2, 0.25) is 5.02 Å². The Labute approximate surface area is 159 Å². The predicted octanol–water partition coefficient (Wildman–Crippen LogP) is 5.45. The zero-order valence-corrected chi connectivity index (χ0v) is 15.8. The van der Waals surface area contributed by atoms with Gasteiger partial charge in [0, 0.05) is 21.2 Å². The molecule has 0 radical (unpaired) electrons. The zero-order chi connectivity index (χ0) is 17.6. The van der Waals surface area contributed by atoms with Crippen molar-refractivity contribution < 1.29 is 9.21 Å². The second kappa shape index (κ2) is 8.47. The Morgan fingerprint density at radius 1 is 1.24 bits per heavy atom. The van der Waals surface area contributed by atoms with Crippen LogP contribution in [0.3, 0.4) is 0 Å². The number of hydrogen-bond acceptors (Lipinski definition) is 5. The minimum absolute atomic E-state index is 0.106. The van der Waals surface area contributed by atoms with E-state index in [0.717, 1.165) is 16.1 Å². The molecule has 0 aliphatic rings. The van der Waals surface area contributed by atoms with Gasteiger partial charge in [0.15, 0.2) is 5.76 Å². The van der Waals surface area contributed by atoms with Crippen molar-refractivity contribution in [2.75, 3.05) is 17.3 Å². The van der Waals surface area contributed by atoms with Crippen LogP contribution in [0.4, 0.5) is 5.69 Å². The summed E-state index contributed by atoms with van der Waals surface area (Å²) in [6.45, 7) is 0. The van der Waals surface area contributed by atoms with Crippen LogP contribution in [0.15, 0.2) is 69.3 Å². The quantitative estimate of drug-likeness (QED) is 0.567. The summed E-state index contributed by atoms with van der Waals surface area (Å²) in [5.41, 5.74) is 1.63. The van der Waals surface area contributed by atoms with E-state index in [-0.39, 0.29) is 11.7 Å². The van der Waals surface area contributed by atoms with Gasteiger partial charge in [-0.05, 0) is 36.6 Å². The van der Waals surface area contributed by atoms with E-state index in [4.69, 9.17) is 16.0 Å². The number of hydrogen-bond donors (Lipinski definition) is 1. The number of carbonyl (C=O) groups is 1. The summed E-state index contributed by atoms with van der Waals surface area (Å²) in [5.74, 6) is 0.739. The van der Waals surface area contributed by atoms with Crippen LogP contribution in [0.1, 0.15) is 0 Å². The Kier molecular flexibility index (Phi) is 6.07. The maximum absolute atomic E-state index is 12.1. The minimum Gasteiger partial charge on any atom is -0.431 e. The molecule has 3 aromatic rings. The van der Waals surface area contributed by atoms with Gasteiger partial charge in [-0.3, -0.25) is 4.79 Å². The van der Waals surface area contributed by atoms with E-state index in [1.54, 1.807) is 24.0 Å². The fraction of sp³-hybridized carbons (Fsp3) is 0.111. The highest BCUT2D eigenvalue weighted by atomic mass is 35.5. The minimum atomic E-state index is -0.106. The van der Waals surface area contributed by atoms with Crippen molar-refractivity contribution in [3.8, 4) is 11.3 Å². The van der Waals surface area contributed by atoms with Gasteiger partial charge in [0.25, 0.3) is 5.22 Å². The summed E-state index contributed by atoms with van der Waals surface area (Å²) in [4.78, 5) is 17.4. The Bertz CT molecular complexity index is 883. The molecule has 25 heavy (non-hydrogen) atoms. The van der Waals surface area contributed by atoms with E-state index in [9.17, 15) is 4.79 Å². The molecule has 0 aliphatic heterocycles. The fourth-order valence-electron chi connectivity index (χ4n) is 2.13. The van der Waals surface area contributed by atoms with Gasteiger partial charge >= 0.3 is 0 Å². The Morgan fingerprint density at radius 2 is 2.08 bits per heavy atom. The molecule has 0 fully saturated rings. The van der Waals surface area contributed by atoms with E-state index in [1.165, 1.54) is 11.8 Å². The highest BCUT2D eigenvalue weighted by Crippen LogP contribution is 2.27. The number of benzene rings is 2. The number of halogens is 1. The lowest BCUT2D eigenvalue weighted by Gasteiger charge is -2.05. The molecule has 1 aromatic heterocycles. The average molecular weight is 391 g/mol. The first kappa shape index (κ1) is 17.9. The molecule has 0 atom stereocenters. The van der Waals surface area contributed by atoms with E-state index in [0.29, 0.717) is 16.0 Å². The Morgan fingerprint density at radius 3 is 2.88 bits per heavy atom. The lowest BCUT2D eigenvalue weighted by Crippen LogP contribution is -2.13. The maximum Gasteiger partial charge on any atom is 0.256 e. The number of anilines is 1. The molecular weight excluding hydrogens is 376 g/mol. The molecule has 1 heterocycles. The highest BCUT2D eigenvalue weighted by Gasteiger charge is 2.10. The van der Waals surface area contributed by atoms with Gasteiger partial charge in [-0.25, -0.2) is 4.98 Å². The number of thioether (sulfide) groups is 2. The first-order chi connectivity index (χ1) is 12.1. The molecule has 128 valence electrons. The summed E-state index contributed by atoms with van der Waals surface area (Å²) in [6, 6.07) is 15.1. The number of aromatic nitrogens is 1. The van der Waals surface area contributed by atoms with Crippen molar-refractivity contribution in [3.05, 3.63) is 59.8 Å². The first-order valence-electron chi connectivity index (χ1n) is 7.42. The number of amides is 1. The smallest absolute Gasteiger partial charge is 0.256 e. The van der Waals surface area contributed by atoms with E-state index < -0.39 is 0 Å². The van der Waals surface area contributed by atoms with Gasteiger partial charge in [-0.15, -0.1) is 11.8 Å².